The summed E-state index contributed by atoms with van der Waals surface area (Å²) < 4.78 is 1.17. The standard InChI is InChI=1S/C18H22BrN3/c19-17-5-1-4-16(14-17)7-11-21-9-3-10-22(13-12-21)18-6-2-8-20-15-18/h1-2,4-6,8,14-15H,3,7,9-13H2. The van der Waals surface area contributed by atoms with Gasteiger partial charge in [-0.1, -0.05) is 28.1 Å². The topological polar surface area (TPSA) is 19.4 Å². The van der Waals surface area contributed by atoms with Crippen LogP contribution in [0.2, 0.25) is 0 Å². The molecule has 22 heavy (non-hydrogen) atoms. The molecule has 0 atom stereocenters. The fourth-order valence-electron chi connectivity index (χ4n) is 2.97. The SMILES string of the molecule is Brc1cccc(CCN2CCCN(c3cccnc3)CC2)c1. The predicted molar refractivity (Wildman–Crippen MR) is 95.4 cm³/mol. The molecule has 0 unspecified atom stereocenters. The lowest BCUT2D eigenvalue weighted by Crippen LogP contribution is -2.32. The van der Waals surface area contributed by atoms with E-state index in [0.717, 1.165) is 32.6 Å². The van der Waals surface area contributed by atoms with Crippen molar-refractivity contribution in [3.8, 4) is 0 Å². The molecule has 1 aliphatic rings. The van der Waals surface area contributed by atoms with Crippen molar-refractivity contribution in [1.82, 2.24) is 9.88 Å². The quantitative estimate of drug-likeness (QED) is 0.831. The summed E-state index contributed by atoms with van der Waals surface area (Å²) in [4.78, 5) is 9.27. The molecule has 0 aliphatic carbocycles. The summed E-state index contributed by atoms with van der Waals surface area (Å²) >= 11 is 3.55. The highest BCUT2D eigenvalue weighted by Gasteiger charge is 2.15. The minimum absolute atomic E-state index is 1.09. The summed E-state index contributed by atoms with van der Waals surface area (Å²) in [6.07, 6.45) is 6.14. The first-order chi connectivity index (χ1) is 10.8. The van der Waals surface area contributed by atoms with Gasteiger partial charge in [0, 0.05) is 36.8 Å². The zero-order valence-corrected chi connectivity index (χ0v) is 14.4. The molecule has 0 saturated carbocycles. The van der Waals surface area contributed by atoms with Gasteiger partial charge in [-0.05, 0) is 49.2 Å². The van der Waals surface area contributed by atoms with Gasteiger partial charge in [0.15, 0.2) is 0 Å². The van der Waals surface area contributed by atoms with Crippen molar-refractivity contribution in [3.63, 3.8) is 0 Å². The third-order valence-corrected chi connectivity index (χ3v) is 4.70. The van der Waals surface area contributed by atoms with Gasteiger partial charge in [0.05, 0.1) is 11.9 Å². The molecule has 2 aromatic rings. The Labute approximate surface area is 141 Å². The van der Waals surface area contributed by atoms with Crippen molar-refractivity contribution in [2.45, 2.75) is 12.8 Å². The molecule has 1 aromatic carbocycles. The summed E-state index contributed by atoms with van der Waals surface area (Å²) in [6, 6.07) is 12.8. The van der Waals surface area contributed by atoms with Crippen LogP contribution < -0.4 is 4.90 Å². The molecule has 1 saturated heterocycles. The third kappa shape index (κ3) is 4.31. The molecule has 1 aliphatic heterocycles. The lowest BCUT2D eigenvalue weighted by Gasteiger charge is -2.23. The van der Waals surface area contributed by atoms with Gasteiger partial charge in [0.25, 0.3) is 0 Å². The number of anilines is 1. The minimum Gasteiger partial charge on any atom is -0.369 e. The van der Waals surface area contributed by atoms with Crippen molar-refractivity contribution < 1.29 is 0 Å². The van der Waals surface area contributed by atoms with E-state index in [0.29, 0.717) is 0 Å². The van der Waals surface area contributed by atoms with Gasteiger partial charge < -0.3 is 9.80 Å². The molecule has 1 aromatic heterocycles. The normalized spacial score (nSPS) is 16.5. The lowest BCUT2D eigenvalue weighted by atomic mass is 10.1. The fourth-order valence-corrected chi connectivity index (χ4v) is 3.42. The molecule has 0 N–H and O–H groups in total. The summed E-state index contributed by atoms with van der Waals surface area (Å²) in [5.74, 6) is 0. The Balaban J connectivity index is 1.52. The van der Waals surface area contributed by atoms with E-state index in [1.807, 2.05) is 18.5 Å². The summed E-state index contributed by atoms with van der Waals surface area (Å²) in [5, 5.41) is 0. The number of nitrogens with zero attached hydrogens (tertiary/aromatic N) is 3. The van der Waals surface area contributed by atoms with Gasteiger partial charge in [-0.3, -0.25) is 4.98 Å². The Hall–Kier alpha value is -1.39. The number of benzene rings is 1. The second-order valence-corrected chi connectivity index (χ2v) is 6.69. The monoisotopic (exact) mass is 359 g/mol. The Morgan fingerprint density at radius 2 is 2.00 bits per heavy atom. The molecule has 116 valence electrons. The third-order valence-electron chi connectivity index (χ3n) is 4.21. The molecule has 2 heterocycles. The summed E-state index contributed by atoms with van der Waals surface area (Å²) in [7, 11) is 0. The van der Waals surface area contributed by atoms with Crippen molar-refractivity contribution in [2.24, 2.45) is 0 Å². The number of halogens is 1. The van der Waals surface area contributed by atoms with Crippen molar-refractivity contribution in [1.29, 1.82) is 0 Å². The zero-order valence-electron chi connectivity index (χ0n) is 12.8. The van der Waals surface area contributed by atoms with Crippen LogP contribution in [-0.2, 0) is 6.42 Å². The number of rotatable bonds is 4. The fraction of sp³-hybridized carbons (Fsp3) is 0.389. The number of aromatic nitrogens is 1. The Kier molecular flexibility index (Phi) is 5.46. The van der Waals surface area contributed by atoms with Gasteiger partial charge in [-0.15, -0.1) is 0 Å². The molecule has 1 fully saturated rings. The second kappa shape index (κ2) is 7.75. The molecular weight excluding hydrogens is 338 g/mol. The van der Waals surface area contributed by atoms with E-state index in [4.69, 9.17) is 0 Å². The smallest absolute Gasteiger partial charge is 0.0553 e. The highest BCUT2D eigenvalue weighted by atomic mass is 79.9. The van der Waals surface area contributed by atoms with Gasteiger partial charge in [0.1, 0.15) is 0 Å². The largest absolute Gasteiger partial charge is 0.369 e. The van der Waals surface area contributed by atoms with Gasteiger partial charge in [-0.2, -0.15) is 0 Å². The van der Waals surface area contributed by atoms with E-state index in [-0.39, 0.29) is 0 Å². The van der Waals surface area contributed by atoms with Crippen LogP contribution in [-0.4, -0.2) is 42.6 Å². The van der Waals surface area contributed by atoms with Crippen LogP contribution >= 0.6 is 15.9 Å². The van der Waals surface area contributed by atoms with Crippen LogP contribution in [0, 0.1) is 0 Å². The van der Waals surface area contributed by atoms with Crippen molar-refractivity contribution in [2.75, 3.05) is 37.6 Å². The van der Waals surface area contributed by atoms with E-state index in [1.165, 1.54) is 28.7 Å². The van der Waals surface area contributed by atoms with E-state index in [9.17, 15) is 0 Å². The lowest BCUT2D eigenvalue weighted by molar-refractivity contribution is 0.297. The molecule has 3 nitrogen and oxygen atoms in total. The summed E-state index contributed by atoms with van der Waals surface area (Å²) in [5.41, 5.74) is 2.65. The van der Waals surface area contributed by atoms with E-state index in [2.05, 4.69) is 61.0 Å². The Morgan fingerprint density at radius 1 is 1.05 bits per heavy atom. The van der Waals surface area contributed by atoms with Crippen molar-refractivity contribution >= 4 is 21.6 Å². The van der Waals surface area contributed by atoms with Crippen LogP contribution in [0.3, 0.4) is 0 Å². The summed E-state index contributed by atoms with van der Waals surface area (Å²) in [6.45, 7) is 5.66. The average Bonchev–Trinajstić information content (AvgIpc) is 2.79. The van der Waals surface area contributed by atoms with Crippen LogP contribution in [0.1, 0.15) is 12.0 Å². The maximum atomic E-state index is 4.23. The van der Waals surface area contributed by atoms with E-state index in [1.54, 1.807) is 0 Å². The average molecular weight is 360 g/mol. The maximum absolute atomic E-state index is 4.23. The Morgan fingerprint density at radius 3 is 2.82 bits per heavy atom. The van der Waals surface area contributed by atoms with Gasteiger partial charge >= 0.3 is 0 Å². The minimum atomic E-state index is 1.09. The molecule has 0 radical (unpaired) electrons. The second-order valence-electron chi connectivity index (χ2n) is 5.77. The number of hydrogen-bond donors (Lipinski definition) is 0. The van der Waals surface area contributed by atoms with E-state index >= 15 is 0 Å². The van der Waals surface area contributed by atoms with Gasteiger partial charge in [-0.25, -0.2) is 0 Å². The predicted octanol–water partition coefficient (Wildman–Crippen LogP) is 3.60. The molecule has 0 spiro atoms. The first-order valence-corrected chi connectivity index (χ1v) is 8.72. The number of hydrogen-bond acceptors (Lipinski definition) is 3. The molecule has 3 rings (SSSR count). The van der Waals surface area contributed by atoms with Crippen LogP contribution in [0.4, 0.5) is 5.69 Å². The molecule has 0 amide bonds. The zero-order chi connectivity index (χ0) is 15.2. The molecule has 4 heteroatoms. The number of pyridine rings is 1. The van der Waals surface area contributed by atoms with Crippen LogP contribution in [0.15, 0.2) is 53.3 Å². The van der Waals surface area contributed by atoms with Crippen molar-refractivity contribution in [3.05, 3.63) is 58.8 Å². The molecule has 0 bridgehead atoms. The molecular formula is C18H22BrN3. The first kappa shape index (κ1) is 15.5. The van der Waals surface area contributed by atoms with Gasteiger partial charge in [0.2, 0.25) is 0 Å². The maximum Gasteiger partial charge on any atom is 0.0553 e. The van der Waals surface area contributed by atoms with Crippen LogP contribution in [0.25, 0.3) is 0 Å². The van der Waals surface area contributed by atoms with E-state index < -0.39 is 0 Å². The Bertz CT molecular complexity index is 588. The van der Waals surface area contributed by atoms with Crippen LogP contribution in [0.5, 0.6) is 0 Å². The highest BCUT2D eigenvalue weighted by molar-refractivity contribution is 9.10. The first-order valence-electron chi connectivity index (χ1n) is 7.93. The highest BCUT2D eigenvalue weighted by Crippen LogP contribution is 2.16.